The zero-order chi connectivity index (χ0) is 22.4. The van der Waals surface area contributed by atoms with E-state index in [2.05, 4.69) is 6.58 Å². The van der Waals surface area contributed by atoms with Crippen molar-refractivity contribution in [3.8, 4) is 5.75 Å². The first kappa shape index (κ1) is 22.3. The van der Waals surface area contributed by atoms with Crippen LogP contribution in [0.2, 0.25) is 0 Å². The van der Waals surface area contributed by atoms with Gasteiger partial charge in [0.05, 0.1) is 11.6 Å². The van der Waals surface area contributed by atoms with Crippen LogP contribution in [0, 0.1) is 0 Å². The van der Waals surface area contributed by atoms with E-state index in [1.807, 2.05) is 49.3 Å². The molecule has 2 aromatic rings. The molecule has 0 radical (unpaired) electrons. The van der Waals surface area contributed by atoms with Crippen LogP contribution >= 0.6 is 0 Å². The van der Waals surface area contributed by atoms with E-state index in [1.165, 1.54) is 0 Å². The Hall–Kier alpha value is -3.38. The molecule has 0 bridgehead atoms. The largest absolute Gasteiger partial charge is 0.507 e. The molecule has 0 aromatic heterocycles. The Kier molecular flexibility index (Phi) is 7.26. The summed E-state index contributed by atoms with van der Waals surface area (Å²) in [6.07, 6.45) is 2.37. The van der Waals surface area contributed by atoms with Crippen LogP contribution in [0.3, 0.4) is 0 Å². The number of hydrogen-bond donors (Lipinski definition) is 1. The van der Waals surface area contributed by atoms with Crippen molar-refractivity contribution in [3.05, 3.63) is 84.0 Å². The molecule has 2 aromatic carbocycles. The normalized spacial score (nSPS) is 17.9. The summed E-state index contributed by atoms with van der Waals surface area (Å²) in [5.74, 6) is -0.805. The van der Waals surface area contributed by atoms with Crippen LogP contribution in [0.15, 0.2) is 72.8 Å². The molecule has 162 valence electrons. The number of ketones is 1. The van der Waals surface area contributed by atoms with Gasteiger partial charge in [0.1, 0.15) is 18.1 Å². The molecule has 1 aliphatic heterocycles. The maximum atomic E-state index is 13.0. The van der Waals surface area contributed by atoms with Gasteiger partial charge in [-0.2, -0.15) is 0 Å². The van der Waals surface area contributed by atoms with Crippen LogP contribution in [-0.2, 0) is 9.59 Å². The van der Waals surface area contributed by atoms with Gasteiger partial charge in [-0.05, 0) is 56.9 Å². The molecule has 0 aliphatic carbocycles. The summed E-state index contributed by atoms with van der Waals surface area (Å²) in [5.41, 5.74) is 1.36. The number of ether oxygens (including phenoxy) is 1. The summed E-state index contributed by atoms with van der Waals surface area (Å²) in [6, 6.07) is 15.5. The van der Waals surface area contributed by atoms with Crippen molar-refractivity contribution in [3.63, 3.8) is 0 Å². The predicted octanol–water partition coefficient (Wildman–Crippen LogP) is 3.62. The lowest BCUT2D eigenvalue weighted by molar-refractivity contribution is -0.139. The lowest BCUT2D eigenvalue weighted by Crippen LogP contribution is -2.32. The summed E-state index contributed by atoms with van der Waals surface area (Å²) in [4.78, 5) is 29.4. The van der Waals surface area contributed by atoms with Crippen LogP contribution in [0.1, 0.15) is 23.6 Å². The average molecular weight is 421 g/mol. The first-order valence-corrected chi connectivity index (χ1v) is 10.3. The molecule has 0 unspecified atom stereocenters. The standard InChI is InChI=1S/C25H28N2O4/c1-4-17-31-20-13-11-19(12-14-20)23(28)21-22(18-9-6-5-7-10-18)27(25(30)24(21)29)16-8-15-26(2)3/h4-7,9-14,22,28H,1,8,15-17H2,2-3H3/b23-21+/t22-/m1/s1. The third kappa shape index (κ3) is 5.03. The molecular weight excluding hydrogens is 392 g/mol. The molecule has 31 heavy (non-hydrogen) atoms. The molecule has 6 heteroatoms. The quantitative estimate of drug-likeness (QED) is 0.290. The highest BCUT2D eigenvalue weighted by Crippen LogP contribution is 2.39. The van der Waals surface area contributed by atoms with Crippen molar-refractivity contribution < 1.29 is 19.4 Å². The van der Waals surface area contributed by atoms with Gasteiger partial charge in [-0.15, -0.1) is 0 Å². The molecule has 1 saturated heterocycles. The number of carbonyl (C=O) groups is 2. The Labute approximate surface area is 183 Å². The van der Waals surface area contributed by atoms with Gasteiger partial charge < -0.3 is 19.6 Å². The van der Waals surface area contributed by atoms with Crippen molar-refractivity contribution in [1.29, 1.82) is 0 Å². The van der Waals surface area contributed by atoms with Crippen molar-refractivity contribution in [2.45, 2.75) is 12.5 Å². The Morgan fingerprint density at radius 3 is 2.42 bits per heavy atom. The number of nitrogens with zero attached hydrogens (tertiary/aromatic N) is 2. The lowest BCUT2D eigenvalue weighted by Gasteiger charge is -2.26. The number of carbonyl (C=O) groups excluding carboxylic acids is 2. The highest BCUT2D eigenvalue weighted by atomic mass is 16.5. The predicted molar refractivity (Wildman–Crippen MR) is 121 cm³/mol. The van der Waals surface area contributed by atoms with Crippen LogP contribution in [0.25, 0.3) is 5.76 Å². The molecule has 0 spiro atoms. The molecular formula is C25H28N2O4. The number of hydrogen-bond acceptors (Lipinski definition) is 5. The number of likely N-dealkylation sites (tertiary alicyclic amines) is 1. The summed E-state index contributed by atoms with van der Waals surface area (Å²) in [6.45, 7) is 5.20. The zero-order valence-electron chi connectivity index (χ0n) is 18.0. The molecule has 3 rings (SSSR count). The minimum Gasteiger partial charge on any atom is -0.507 e. The van der Waals surface area contributed by atoms with E-state index in [0.29, 0.717) is 24.5 Å². The minimum absolute atomic E-state index is 0.112. The molecule has 1 heterocycles. The highest BCUT2D eigenvalue weighted by molar-refractivity contribution is 6.46. The molecule has 1 N–H and O–H groups in total. The second-order valence-electron chi connectivity index (χ2n) is 7.68. The molecule has 0 saturated carbocycles. The van der Waals surface area contributed by atoms with Gasteiger partial charge in [-0.3, -0.25) is 9.59 Å². The molecule has 1 fully saturated rings. The van der Waals surface area contributed by atoms with Gasteiger partial charge in [-0.25, -0.2) is 0 Å². The number of rotatable bonds is 9. The van der Waals surface area contributed by atoms with E-state index in [0.717, 1.165) is 18.5 Å². The number of benzene rings is 2. The van der Waals surface area contributed by atoms with Gasteiger partial charge >= 0.3 is 0 Å². The third-order valence-corrected chi connectivity index (χ3v) is 5.16. The molecule has 1 amide bonds. The fraction of sp³-hybridized carbons (Fsp3) is 0.280. The van der Waals surface area contributed by atoms with Gasteiger partial charge in [0.2, 0.25) is 0 Å². The monoisotopic (exact) mass is 420 g/mol. The van der Waals surface area contributed by atoms with E-state index >= 15 is 0 Å². The van der Waals surface area contributed by atoms with Crippen LogP contribution in [0.4, 0.5) is 0 Å². The van der Waals surface area contributed by atoms with Crippen LogP contribution < -0.4 is 4.74 Å². The highest BCUT2D eigenvalue weighted by Gasteiger charge is 2.45. The topological polar surface area (TPSA) is 70.1 Å². The lowest BCUT2D eigenvalue weighted by atomic mass is 9.95. The number of Topliss-reactive ketones (excluding diaryl/α,β-unsaturated/α-hetero) is 1. The van der Waals surface area contributed by atoms with Crippen molar-refractivity contribution in [2.24, 2.45) is 0 Å². The Morgan fingerprint density at radius 1 is 1.13 bits per heavy atom. The maximum absolute atomic E-state index is 13.0. The van der Waals surface area contributed by atoms with Gasteiger partial charge in [0.25, 0.3) is 11.7 Å². The van der Waals surface area contributed by atoms with E-state index in [-0.39, 0.29) is 11.3 Å². The van der Waals surface area contributed by atoms with Gasteiger partial charge in [0, 0.05) is 12.1 Å². The van der Waals surface area contributed by atoms with E-state index < -0.39 is 17.7 Å². The van der Waals surface area contributed by atoms with Gasteiger partial charge in [0.15, 0.2) is 0 Å². The van der Waals surface area contributed by atoms with Crippen LogP contribution in [0.5, 0.6) is 5.75 Å². The molecule has 6 nitrogen and oxygen atoms in total. The van der Waals surface area contributed by atoms with E-state index in [1.54, 1.807) is 35.2 Å². The summed E-state index contributed by atoms with van der Waals surface area (Å²) < 4.78 is 5.48. The van der Waals surface area contributed by atoms with Crippen molar-refractivity contribution >= 4 is 17.4 Å². The maximum Gasteiger partial charge on any atom is 0.295 e. The Morgan fingerprint density at radius 2 is 1.81 bits per heavy atom. The first-order valence-electron chi connectivity index (χ1n) is 10.3. The smallest absolute Gasteiger partial charge is 0.295 e. The summed E-state index contributed by atoms with van der Waals surface area (Å²) in [5, 5.41) is 11.1. The van der Waals surface area contributed by atoms with Crippen LogP contribution in [-0.4, -0.2) is 60.4 Å². The fourth-order valence-electron chi connectivity index (χ4n) is 3.67. The summed E-state index contributed by atoms with van der Waals surface area (Å²) >= 11 is 0. The molecule has 1 aliphatic rings. The number of aliphatic hydroxyl groups excluding tert-OH is 1. The number of aliphatic hydroxyl groups is 1. The second-order valence-corrected chi connectivity index (χ2v) is 7.68. The first-order chi connectivity index (χ1) is 14.9. The third-order valence-electron chi connectivity index (χ3n) is 5.16. The zero-order valence-corrected chi connectivity index (χ0v) is 18.0. The minimum atomic E-state index is -0.664. The Bertz CT molecular complexity index is 965. The van der Waals surface area contributed by atoms with E-state index in [9.17, 15) is 14.7 Å². The average Bonchev–Trinajstić information content (AvgIpc) is 3.03. The van der Waals surface area contributed by atoms with E-state index in [4.69, 9.17) is 4.74 Å². The van der Waals surface area contributed by atoms with Crippen molar-refractivity contribution in [1.82, 2.24) is 9.80 Å². The van der Waals surface area contributed by atoms with Gasteiger partial charge in [-0.1, -0.05) is 43.0 Å². The SMILES string of the molecule is C=CCOc1ccc(/C(O)=C2\C(=O)C(=O)N(CCCN(C)C)[C@@H]2c2ccccc2)cc1. The fourth-order valence-corrected chi connectivity index (χ4v) is 3.67. The number of amides is 1. The van der Waals surface area contributed by atoms with Crippen molar-refractivity contribution in [2.75, 3.05) is 33.8 Å². The molecule has 1 atom stereocenters. The summed E-state index contributed by atoms with van der Waals surface area (Å²) in [7, 11) is 3.93. The Balaban J connectivity index is 2.00. The second kappa shape index (κ2) is 10.1.